The molecule has 0 atom stereocenters. The summed E-state index contributed by atoms with van der Waals surface area (Å²) in [6, 6.07) is 11.6. The van der Waals surface area contributed by atoms with Crippen LogP contribution >= 0.6 is 0 Å². The average Bonchev–Trinajstić information content (AvgIpc) is 2.40. The summed E-state index contributed by atoms with van der Waals surface area (Å²) in [5.74, 6) is 0. The lowest BCUT2D eigenvalue weighted by molar-refractivity contribution is -0.687. The van der Waals surface area contributed by atoms with Crippen molar-refractivity contribution < 1.29 is 14.6 Å². The van der Waals surface area contributed by atoms with Crippen LogP contribution in [0.3, 0.4) is 0 Å². The van der Waals surface area contributed by atoms with Crippen molar-refractivity contribution in [1.82, 2.24) is 0 Å². The normalized spacial score (nSPS) is 10.1. The number of hydrogen-bond donors (Lipinski definition) is 2. The third-order valence-corrected chi connectivity index (χ3v) is 2.76. The highest BCUT2D eigenvalue weighted by Gasteiger charge is 2.14. The van der Waals surface area contributed by atoms with Crippen molar-refractivity contribution >= 4 is 18.7 Å². The maximum absolute atomic E-state index is 9.11. The van der Waals surface area contributed by atoms with Crippen molar-refractivity contribution in [1.29, 1.82) is 0 Å². The largest absolute Gasteiger partial charge is 0.494 e. The summed E-state index contributed by atoms with van der Waals surface area (Å²) < 4.78 is 1.91. The summed E-state index contributed by atoms with van der Waals surface area (Å²) in [5, 5.41) is 18.2. The van der Waals surface area contributed by atoms with Gasteiger partial charge in [0.15, 0.2) is 18.9 Å². The number of aromatic nitrogens is 1. The van der Waals surface area contributed by atoms with E-state index >= 15 is 0 Å². The summed E-state index contributed by atoms with van der Waals surface area (Å²) in [5.41, 5.74) is 2.72. The van der Waals surface area contributed by atoms with Crippen molar-refractivity contribution in [2.45, 2.75) is 6.54 Å². The first-order valence-electron chi connectivity index (χ1n) is 5.75. The molecule has 0 saturated heterocycles. The molecule has 0 saturated carbocycles. The summed E-state index contributed by atoms with van der Waals surface area (Å²) in [7, 11) is -1.43. The van der Waals surface area contributed by atoms with Crippen LogP contribution in [0.1, 0.15) is 11.1 Å². The van der Waals surface area contributed by atoms with Crippen molar-refractivity contribution in [3.05, 3.63) is 66.5 Å². The average molecular weight is 240 g/mol. The minimum Gasteiger partial charge on any atom is -0.423 e. The highest BCUT2D eigenvalue weighted by molar-refractivity contribution is 6.58. The molecule has 2 aromatic rings. The minimum absolute atomic E-state index is 0.486. The number of nitrogens with zero attached hydrogens (tertiary/aromatic N) is 1. The van der Waals surface area contributed by atoms with E-state index in [0.29, 0.717) is 12.0 Å². The molecule has 1 aromatic carbocycles. The van der Waals surface area contributed by atoms with Gasteiger partial charge in [-0.05, 0) is 5.56 Å². The number of hydrogen-bond acceptors (Lipinski definition) is 2. The fraction of sp³-hybridized carbons (Fsp3) is 0.0714. The maximum Gasteiger partial charge on any atom is 0.494 e. The monoisotopic (exact) mass is 240 g/mol. The van der Waals surface area contributed by atoms with Gasteiger partial charge in [0.25, 0.3) is 0 Å². The lowest BCUT2D eigenvalue weighted by Crippen LogP contribution is -2.42. The molecule has 18 heavy (non-hydrogen) atoms. The van der Waals surface area contributed by atoms with Crippen molar-refractivity contribution in [3.8, 4) is 0 Å². The van der Waals surface area contributed by atoms with Crippen LogP contribution in [0.15, 0.2) is 55.4 Å². The quantitative estimate of drug-likeness (QED) is 0.598. The van der Waals surface area contributed by atoms with Crippen LogP contribution in [0.5, 0.6) is 0 Å². The maximum atomic E-state index is 9.11. The molecule has 0 spiro atoms. The van der Waals surface area contributed by atoms with Gasteiger partial charge in [-0.3, -0.25) is 0 Å². The molecule has 0 aliphatic carbocycles. The van der Waals surface area contributed by atoms with E-state index in [1.807, 2.05) is 35.0 Å². The van der Waals surface area contributed by atoms with Crippen LogP contribution in [0.25, 0.3) is 6.08 Å². The molecule has 0 unspecified atom stereocenters. The van der Waals surface area contributed by atoms with Gasteiger partial charge in [-0.25, -0.2) is 4.57 Å². The molecule has 0 aliphatic rings. The Balaban J connectivity index is 2.17. The Hall–Kier alpha value is -1.91. The smallest absolute Gasteiger partial charge is 0.423 e. The molecule has 0 aliphatic heterocycles. The Labute approximate surface area is 107 Å². The van der Waals surface area contributed by atoms with Crippen LogP contribution in [0, 0.1) is 0 Å². The third kappa shape index (κ3) is 3.06. The van der Waals surface area contributed by atoms with Gasteiger partial charge in [-0.2, -0.15) is 0 Å². The first-order valence-corrected chi connectivity index (χ1v) is 5.75. The number of rotatable bonds is 4. The van der Waals surface area contributed by atoms with Gasteiger partial charge < -0.3 is 10.0 Å². The van der Waals surface area contributed by atoms with Gasteiger partial charge in [0.05, 0.1) is 0 Å². The first kappa shape index (κ1) is 12.5. The Morgan fingerprint density at radius 2 is 1.89 bits per heavy atom. The fourth-order valence-electron chi connectivity index (χ4n) is 1.76. The molecule has 2 N–H and O–H groups in total. The first-order chi connectivity index (χ1) is 8.69. The molecule has 0 bridgehead atoms. The van der Waals surface area contributed by atoms with Gasteiger partial charge in [0, 0.05) is 17.1 Å². The summed E-state index contributed by atoms with van der Waals surface area (Å²) >= 11 is 0. The zero-order valence-electron chi connectivity index (χ0n) is 10.0. The van der Waals surface area contributed by atoms with Crippen molar-refractivity contribution in [2.24, 2.45) is 0 Å². The minimum atomic E-state index is -1.43. The van der Waals surface area contributed by atoms with Crippen LogP contribution in [-0.4, -0.2) is 17.2 Å². The van der Waals surface area contributed by atoms with E-state index in [0.717, 1.165) is 11.1 Å². The van der Waals surface area contributed by atoms with E-state index in [4.69, 9.17) is 10.0 Å². The summed E-state index contributed by atoms with van der Waals surface area (Å²) in [6.45, 7) is 4.41. The molecule has 1 aromatic heterocycles. The number of benzene rings is 1. The van der Waals surface area contributed by atoms with E-state index in [2.05, 4.69) is 6.58 Å². The molecule has 0 radical (unpaired) electrons. The Morgan fingerprint density at radius 1 is 1.17 bits per heavy atom. The van der Waals surface area contributed by atoms with Crippen molar-refractivity contribution in [3.63, 3.8) is 0 Å². The van der Waals surface area contributed by atoms with Crippen LogP contribution < -0.4 is 10.0 Å². The molecule has 0 amide bonds. The summed E-state index contributed by atoms with van der Waals surface area (Å²) in [6.07, 6.45) is 5.43. The Morgan fingerprint density at radius 3 is 2.50 bits per heavy atom. The molecule has 1 heterocycles. The summed E-state index contributed by atoms with van der Waals surface area (Å²) in [4.78, 5) is 0. The van der Waals surface area contributed by atoms with Crippen LogP contribution in [0.4, 0.5) is 0 Å². The van der Waals surface area contributed by atoms with Gasteiger partial charge in [0.1, 0.15) is 0 Å². The van der Waals surface area contributed by atoms with Gasteiger partial charge >= 0.3 is 7.12 Å². The van der Waals surface area contributed by atoms with Gasteiger partial charge in [-0.15, -0.1) is 0 Å². The molecule has 0 fully saturated rings. The van der Waals surface area contributed by atoms with Crippen LogP contribution in [-0.2, 0) is 6.54 Å². The second-order valence-corrected chi connectivity index (χ2v) is 4.13. The van der Waals surface area contributed by atoms with Crippen LogP contribution in [0.2, 0.25) is 0 Å². The van der Waals surface area contributed by atoms with E-state index in [9.17, 15) is 0 Å². The third-order valence-electron chi connectivity index (χ3n) is 2.76. The predicted octanol–water partition coefficient (Wildman–Crippen LogP) is 0.345. The lowest BCUT2D eigenvalue weighted by atomic mass is 9.82. The zero-order valence-corrected chi connectivity index (χ0v) is 10.0. The van der Waals surface area contributed by atoms with E-state index in [-0.39, 0.29) is 0 Å². The molecule has 2 rings (SSSR count). The van der Waals surface area contributed by atoms with E-state index in [1.165, 1.54) is 0 Å². The molecular formula is C14H15BNO2+. The molecule has 3 nitrogen and oxygen atoms in total. The highest BCUT2D eigenvalue weighted by atomic mass is 16.4. The van der Waals surface area contributed by atoms with Gasteiger partial charge in [-0.1, -0.05) is 43.0 Å². The van der Waals surface area contributed by atoms with E-state index < -0.39 is 7.12 Å². The van der Waals surface area contributed by atoms with Gasteiger partial charge in [0.2, 0.25) is 0 Å². The predicted molar refractivity (Wildman–Crippen MR) is 72.1 cm³/mol. The Kier molecular flexibility index (Phi) is 3.92. The standard InChI is InChI=1S/C14H15BNO2/c1-2-12-5-7-13(8-6-12)10-16-9-3-4-14(11-16)15(17)18/h2-9,11,17-18H,1,10H2/q+1. The Bertz CT molecular complexity index is 538. The molecular weight excluding hydrogens is 225 g/mol. The zero-order chi connectivity index (χ0) is 13.0. The van der Waals surface area contributed by atoms with Crippen molar-refractivity contribution in [2.75, 3.05) is 0 Å². The topological polar surface area (TPSA) is 44.3 Å². The lowest BCUT2D eigenvalue weighted by Gasteiger charge is -2.01. The highest BCUT2D eigenvalue weighted by Crippen LogP contribution is 2.04. The molecule has 4 heteroatoms. The SMILES string of the molecule is C=Cc1ccc(C[n+]2cccc(B(O)O)c2)cc1. The second-order valence-electron chi connectivity index (χ2n) is 4.13. The number of pyridine rings is 1. The molecule has 90 valence electrons. The second kappa shape index (κ2) is 5.62. The van der Waals surface area contributed by atoms with E-state index in [1.54, 1.807) is 24.4 Å². The fourth-order valence-corrected chi connectivity index (χ4v) is 1.76.